The number of nitrogens with one attached hydrogen (secondary N) is 2. The van der Waals surface area contributed by atoms with Gasteiger partial charge in [-0.3, -0.25) is 4.79 Å². The summed E-state index contributed by atoms with van der Waals surface area (Å²) in [5.41, 5.74) is 3.62. The van der Waals surface area contributed by atoms with Crippen LogP contribution >= 0.6 is 11.6 Å². The van der Waals surface area contributed by atoms with E-state index >= 15 is 0 Å². The Hall–Kier alpha value is -2.99. The number of nitrogens with zero attached hydrogens (tertiary/aromatic N) is 2. The second-order valence-electron chi connectivity index (χ2n) is 6.89. The molecular weight excluding hydrogens is 376 g/mol. The van der Waals surface area contributed by atoms with Crippen molar-refractivity contribution in [2.75, 3.05) is 31.4 Å². The highest BCUT2D eigenvalue weighted by atomic mass is 35.5. The van der Waals surface area contributed by atoms with E-state index in [1.54, 1.807) is 38.2 Å². The highest BCUT2D eigenvalue weighted by molar-refractivity contribution is 6.30. The lowest BCUT2D eigenvalue weighted by Gasteiger charge is -2.33. The lowest BCUT2D eigenvalue weighted by Crippen LogP contribution is -2.46. The summed E-state index contributed by atoms with van der Waals surface area (Å²) in [6.45, 7) is 1.77. The van der Waals surface area contributed by atoms with Crippen molar-refractivity contribution in [3.05, 3.63) is 70.4 Å². The lowest BCUT2D eigenvalue weighted by atomic mass is 9.94. The molecule has 0 saturated heterocycles. The topological polar surface area (TPSA) is 64.7 Å². The van der Waals surface area contributed by atoms with Crippen LogP contribution in [-0.2, 0) is 4.79 Å². The third-order valence-electron chi connectivity index (χ3n) is 4.84. The number of hydrogen-bond acceptors (Lipinski definition) is 3. The summed E-state index contributed by atoms with van der Waals surface area (Å²) in [5, 5.41) is 6.41. The van der Waals surface area contributed by atoms with Crippen LogP contribution in [-0.4, -0.2) is 38.0 Å². The van der Waals surface area contributed by atoms with Gasteiger partial charge in [0.25, 0.3) is 5.91 Å². The van der Waals surface area contributed by atoms with E-state index in [1.165, 1.54) is 4.90 Å². The van der Waals surface area contributed by atoms with E-state index in [1.807, 2.05) is 43.3 Å². The number of rotatable bonds is 4. The second kappa shape index (κ2) is 7.94. The molecule has 3 amide bonds. The molecule has 0 aliphatic carbocycles. The van der Waals surface area contributed by atoms with Crippen LogP contribution in [0.2, 0.25) is 5.02 Å². The Labute approximate surface area is 169 Å². The van der Waals surface area contributed by atoms with E-state index in [2.05, 4.69) is 10.6 Å². The minimum absolute atomic E-state index is 0.248. The van der Waals surface area contributed by atoms with E-state index in [4.69, 9.17) is 11.6 Å². The predicted octanol–water partition coefficient (Wildman–Crippen LogP) is 4.01. The van der Waals surface area contributed by atoms with Gasteiger partial charge >= 0.3 is 6.03 Å². The predicted molar refractivity (Wildman–Crippen MR) is 113 cm³/mol. The van der Waals surface area contributed by atoms with Gasteiger partial charge in [-0.15, -0.1) is 0 Å². The molecule has 1 atom stereocenters. The van der Waals surface area contributed by atoms with Crippen molar-refractivity contribution < 1.29 is 9.59 Å². The molecular formula is C21H23ClN4O2. The average Bonchev–Trinajstić information content (AvgIpc) is 2.67. The first-order chi connectivity index (χ1) is 13.3. The normalized spacial score (nSPS) is 16.7. The van der Waals surface area contributed by atoms with Crippen LogP contribution in [0.5, 0.6) is 0 Å². The smallest absolute Gasteiger partial charge is 0.322 e. The van der Waals surface area contributed by atoms with Gasteiger partial charge in [0.1, 0.15) is 0 Å². The Balaban J connectivity index is 1.96. The zero-order chi connectivity index (χ0) is 20.4. The summed E-state index contributed by atoms with van der Waals surface area (Å²) in [4.78, 5) is 28.9. The largest absolute Gasteiger partial charge is 0.378 e. The van der Waals surface area contributed by atoms with Crippen molar-refractivity contribution in [1.82, 2.24) is 10.2 Å². The Morgan fingerprint density at radius 1 is 1.11 bits per heavy atom. The van der Waals surface area contributed by atoms with Crippen molar-refractivity contribution in [2.24, 2.45) is 0 Å². The molecule has 3 rings (SSSR count). The number of carbonyl (C=O) groups is 2. The Morgan fingerprint density at radius 3 is 2.29 bits per heavy atom. The van der Waals surface area contributed by atoms with Gasteiger partial charge in [0.2, 0.25) is 0 Å². The molecule has 28 heavy (non-hydrogen) atoms. The molecule has 0 spiro atoms. The molecule has 0 radical (unpaired) electrons. The Morgan fingerprint density at radius 2 is 1.71 bits per heavy atom. The molecule has 0 bridgehead atoms. The fourth-order valence-electron chi connectivity index (χ4n) is 3.08. The van der Waals surface area contributed by atoms with Gasteiger partial charge in [0.05, 0.1) is 11.6 Å². The first kappa shape index (κ1) is 19.8. The summed E-state index contributed by atoms with van der Waals surface area (Å²) >= 11 is 5.91. The molecule has 146 valence electrons. The van der Waals surface area contributed by atoms with Crippen molar-refractivity contribution in [2.45, 2.75) is 13.0 Å². The Kier molecular flexibility index (Phi) is 5.61. The zero-order valence-electron chi connectivity index (χ0n) is 16.3. The summed E-state index contributed by atoms with van der Waals surface area (Å²) < 4.78 is 0. The highest BCUT2D eigenvalue weighted by Gasteiger charge is 2.34. The highest BCUT2D eigenvalue weighted by Crippen LogP contribution is 2.31. The van der Waals surface area contributed by atoms with E-state index in [9.17, 15) is 9.59 Å². The number of anilines is 2. The molecule has 1 aliphatic heterocycles. The van der Waals surface area contributed by atoms with Crippen molar-refractivity contribution in [3.63, 3.8) is 0 Å². The first-order valence-electron chi connectivity index (χ1n) is 8.87. The van der Waals surface area contributed by atoms with Gasteiger partial charge in [-0.1, -0.05) is 23.7 Å². The molecule has 7 heteroatoms. The van der Waals surface area contributed by atoms with Crippen LogP contribution in [0.15, 0.2) is 59.8 Å². The summed E-state index contributed by atoms with van der Waals surface area (Å²) in [6, 6.07) is 13.9. The molecule has 6 nitrogen and oxygen atoms in total. The zero-order valence-corrected chi connectivity index (χ0v) is 17.0. The second-order valence-corrected chi connectivity index (χ2v) is 7.32. The minimum Gasteiger partial charge on any atom is -0.378 e. The summed E-state index contributed by atoms with van der Waals surface area (Å²) in [7, 11) is 5.56. The first-order valence-corrected chi connectivity index (χ1v) is 9.25. The van der Waals surface area contributed by atoms with E-state index in [-0.39, 0.29) is 11.9 Å². The SMILES string of the molecule is CC1=C(C(=O)Nc2ccc(Cl)cc2)C(c2ccc(N(C)C)cc2)NC(=O)N1C. The maximum atomic E-state index is 13.1. The van der Waals surface area contributed by atoms with Crippen molar-refractivity contribution >= 4 is 34.9 Å². The molecule has 2 aromatic rings. The van der Waals surface area contributed by atoms with Crippen molar-refractivity contribution in [3.8, 4) is 0 Å². The number of urea groups is 1. The van der Waals surface area contributed by atoms with Crippen molar-refractivity contribution in [1.29, 1.82) is 0 Å². The molecule has 0 aromatic heterocycles. The van der Waals surface area contributed by atoms with Gasteiger partial charge < -0.3 is 20.4 Å². The van der Waals surface area contributed by atoms with Gasteiger partial charge in [0, 0.05) is 43.2 Å². The fourth-order valence-corrected chi connectivity index (χ4v) is 3.20. The standard InChI is InChI=1S/C21H23ClN4O2/c1-13-18(20(27)23-16-9-7-15(22)8-10-16)19(24-21(28)26(13)4)14-5-11-17(12-6-14)25(2)3/h5-12,19H,1-4H3,(H,23,27)(H,24,28). The summed E-state index contributed by atoms with van der Waals surface area (Å²) in [5.74, 6) is -0.270. The molecule has 1 heterocycles. The van der Waals surface area contributed by atoms with Crippen LogP contribution in [0.25, 0.3) is 0 Å². The van der Waals surface area contributed by atoms with Crippen LogP contribution in [0.3, 0.4) is 0 Å². The van der Waals surface area contributed by atoms with Gasteiger partial charge in [-0.05, 0) is 48.9 Å². The quantitative estimate of drug-likeness (QED) is 0.817. The molecule has 1 unspecified atom stereocenters. The number of halogens is 1. The third kappa shape index (κ3) is 3.97. The number of carbonyl (C=O) groups excluding carboxylic acids is 2. The average molecular weight is 399 g/mol. The van der Waals surface area contributed by atoms with E-state index in [0.29, 0.717) is 22.0 Å². The number of hydrogen-bond donors (Lipinski definition) is 2. The van der Waals surface area contributed by atoms with Gasteiger partial charge in [0.15, 0.2) is 0 Å². The van der Waals surface area contributed by atoms with Gasteiger partial charge in [-0.2, -0.15) is 0 Å². The fraction of sp³-hybridized carbons (Fsp3) is 0.238. The van der Waals surface area contributed by atoms with Gasteiger partial charge in [-0.25, -0.2) is 4.79 Å². The number of amides is 3. The number of benzene rings is 2. The number of allylic oxidation sites excluding steroid dienone is 1. The molecule has 2 aromatic carbocycles. The maximum absolute atomic E-state index is 13.1. The van der Waals surface area contributed by atoms with Crippen LogP contribution in [0.4, 0.5) is 16.2 Å². The van der Waals surface area contributed by atoms with Crippen LogP contribution in [0, 0.1) is 0 Å². The Bertz CT molecular complexity index is 920. The molecule has 0 fully saturated rings. The third-order valence-corrected chi connectivity index (χ3v) is 5.10. The monoisotopic (exact) mass is 398 g/mol. The molecule has 0 saturated carbocycles. The summed E-state index contributed by atoms with van der Waals surface area (Å²) in [6.07, 6.45) is 0. The molecule has 2 N–H and O–H groups in total. The molecule has 1 aliphatic rings. The minimum atomic E-state index is -0.535. The van der Waals surface area contributed by atoms with Crippen LogP contribution < -0.4 is 15.5 Å². The van der Waals surface area contributed by atoms with Crippen LogP contribution in [0.1, 0.15) is 18.5 Å². The van der Waals surface area contributed by atoms with E-state index < -0.39 is 6.04 Å². The lowest BCUT2D eigenvalue weighted by molar-refractivity contribution is -0.113. The maximum Gasteiger partial charge on any atom is 0.322 e. The van der Waals surface area contributed by atoms with E-state index in [0.717, 1.165) is 11.3 Å².